The molecule has 0 bridgehead atoms. The molecule has 0 saturated heterocycles. The second kappa shape index (κ2) is 6.16. The Kier molecular flexibility index (Phi) is 4.27. The molecule has 112 valence electrons. The molecule has 1 atom stereocenters. The maximum absolute atomic E-state index is 13.7. The molecule has 4 heteroatoms. The monoisotopic (exact) mass is 305 g/mol. The van der Waals surface area contributed by atoms with Crippen LogP contribution in [0.4, 0.5) is 4.39 Å². The van der Waals surface area contributed by atoms with Crippen molar-refractivity contribution in [2.45, 2.75) is 32.2 Å². The normalized spacial score (nSPS) is 15.0. The van der Waals surface area contributed by atoms with Gasteiger partial charge in [0.2, 0.25) is 0 Å². The average molecular weight is 305 g/mol. The molecule has 1 aromatic heterocycles. The number of aryl methyl sites for hydroxylation is 2. The van der Waals surface area contributed by atoms with Crippen LogP contribution in [-0.2, 0) is 12.8 Å². The summed E-state index contributed by atoms with van der Waals surface area (Å²) < 4.78 is 19.1. The summed E-state index contributed by atoms with van der Waals surface area (Å²) in [4.78, 5) is 2.74. The number of ether oxygens (including phenoxy) is 1. The van der Waals surface area contributed by atoms with Crippen LogP contribution in [0.2, 0.25) is 0 Å². The first-order chi connectivity index (χ1) is 10.2. The summed E-state index contributed by atoms with van der Waals surface area (Å²) in [5, 5.41) is 3.47. The fraction of sp³-hybridized carbons (Fsp3) is 0.412. The van der Waals surface area contributed by atoms with Gasteiger partial charge in [-0.2, -0.15) is 0 Å². The van der Waals surface area contributed by atoms with Gasteiger partial charge in [-0.3, -0.25) is 0 Å². The zero-order valence-corrected chi connectivity index (χ0v) is 13.2. The topological polar surface area (TPSA) is 21.3 Å². The first-order valence-corrected chi connectivity index (χ1v) is 8.23. The quantitative estimate of drug-likeness (QED) is 0.898. The van der Waals surface area contributed by atoms with Gasteiger partial charge >= 0.3 is 0 Å². The van der Waals surface area contributed by atoms with Gasteiger partial charge in [0.05, 0.1) is 13.2 Å². The molecule has 2 aromatic rings. The second-order valence-corrected chi connectivity index (χ2v) is 6.50. The molecule has 1 aliphatic carbocycles. The van der Waals surface area contributed by atoms with Crippen molar-refractivity contribution in [3.8, 4) is 5.75 Å². The van der Waals surface area contributed by atoms with Crippen molar-refractivity contribution in [2.75, 3.05) is 13.7 Å². The number of thiophene rings is 1. The Balaban J connectivity index is 2.02. The Hall–Kier alpha value is -1.39. The molecule has 2 nitrogen and oxygen atoms in total. The summed E-state index contributed by atoms with van der Waals surface area (Å²) in [5.74, 6) is 0.508. The lowest BCUT2D eigenvalue weighted by atomic mass is 10.0. The summed E-state index contributed by atoms with van der Waals surface area (Å²) in [6.45, 7) is 2.90. The zero-order chi connectivity index (χ0) is 14.8. The van der Waals surface area contributed by atoms with E-state index < -0.39 is 0 Å². The zero-order valence-electron chi connectivity index (χ0n) is 12.4. The third-order valence-electron chi connectivity index (χ3n) is 3.96. The smallest absolute Gasteiger partial charge is 0.124 e. The molecule has 1 aliphatic rings. The van der Waals surface area contributed by atoms with Gasteiger partial charge in [0.1, 0.15) is 11.6 Å². The number of fused-ring (bicyclic) bond motifs is 1. The molecule has 1 heterocycles. The molecule has 3 rings (SSSR count). The van der Waals surface area contributed by atoms with Crippen LogP contribution in [-0.4, -0.2) is 13.7 Å². The predicted octanol–water partition coefficient (Wildman–Crippen LogP) is 4.08. The molecule has 0 radical (unpaired) electrons. The molecule has 1 aromatic carbocycles. The Labute approximate surface area is 129 Å². The molecule has 1 N–H and O–H groups in total. The Bertz CT molecular complexity index is 616. The van der Waals surface area contributed by atoms with Crippen LogP contribution in [0.25, 0.3) is 0 Å². The van der Waals surface area contributed by atoms with Crippen LogP contribution in [0.3, 0.4) is 0 Å². The Morgan fingerprint density at radius 1 is 1.33 bits per heavy atom. The highest BCUT2D eigenvalue weighted by atomic mass is 32.1. The molecule has 1 unspecified atom stereocenters. The van der Waals surface area contributed by atoms with E-state index in [9.17, 15) is 4.39 Å². The first kappa shape index (κ1) is 14.5. The van der Waals surface area contributed by atoms with Crippen molar-refractivity contribution < 1.29 is 9.13 Å². The molecule has 0 fully saturated rings. The summed E-state index contributed by atoms with van der Waals surface area (Å²) in [5.41, 5.74) is 2.34. The van der Waals surface area contributed by atoms with E-state index in [0.29, 0.717) is 0 Å². The highest BCUT2D eigenvalue weighted by molar-refractivity contribution is 7.12. The van der Waals surface area contributed by atoms with Crippen molar-refractivity contribution in [2.24, 2.45) is 0 Å². The van der Waals surface area contributed by atoms with E-state index in [1.165, 1.54) is 40.6 Å². The molecular weight excluding hydrogens is 285 g/mol. The van der Waals surface area contributed by atoms with E-state index in [1.54, 1.807) is 19.2 Å². The fourth-order valence-corrected chi connectivity index (χ4v) is 4.35. The molecule has 0 saturated carbocycles. The number of benzene rings is 1. The molecule has 21 heavy (non-hydrogen) atoms. The maximum Gasteiger partial charge on any atom is 0.124 e. The van der Waals surface area contributed by atoms with Gasteiger partial charge in [0, 0.05) is 15.3 Å². The standard InChI is InChI=1S/C17H20FNOS/c1-3-19-17(13-10-12(18)7-8-14(13)20-2)16-9-11-5-4-6-15(11)21-16/h7-10,17,19H,3-6H2,1-2H3. The lowest BCUT2D eigenvalue weighted by Crippen LogP contribution is -2.22. The summed E-state index contributed by atoms with van der Waals surface area (Å²) in [6.07, 6.45) is 3.61. The number of hydrogen-bond acceptors (Lipinski definition) is 3. The van der Waals surface area contributed by atoms with Gasteiger partial charge in [-0.1, -0.05) is 6.92 Å². The minimum atomic E-state index is -0.224. The highest BCUT2D eigenvalue weighted by Crippen LogP contribution is 2.38. The predicted molar refractivity (Wildman–Crippen MR) is 84.8 cm³/mol. The van der Waals surface area contributed by atoms with Crippen molar-refractivity contribution in [1.82, 2.24) is 5.32 Å². The minimum Gasteiger partial charge on any atom is -0.496 e. The van der Waals surface area contributed by atoms with Crippen molar-refractivity contribution >= 4 is 11.3 Å². The number of halogens is 1. The van der Waals surface area contributed by atoms with E-state index in [4.69, 9.17) is 4.74 Å². The van der Waals surface area contributed by atoms with Gasteiger partial charge in [-0.05, 0) is 55.6 Å². The van der Waals surface area contributed by atoms with Crippen LogP contribution in [0.15, 0.2) is 24.3 Å². The number of methoxy groups -OCH3 is 1. The average Bonchev–Trinajstić information content (AvgIpc) is 3.06. The van der Waals surface area contributed by atoms with Crippen molar-refractivity contribution in [1.29, 1.82) is 0 Å². The van der Waals surface area contributed by atoms with E-state index in [0.717, 1.165) is 17.9 Å². The number of nitrogens with one attached hydrogen (secondary N) is 1. The lowest BCUT2D eigenvalue weighted by molar-refractivity contribution is 0.403. The molecule has 0 amide bonds. The largest absolute Gasteiger partial charge is 0.496 e. The summed E-state index contributed by atoms with van der Waals surface area (Å²) in [7, 11) is 1.63. The Morgan fingerprint density at radius 2 is 2.19 bits per heavy atom. The third kappa shape index (κ3) is 2.83. The molecule has 0 spiro atoms. The van der Waals surface area contributed by atoms with Crippen LogP contribution in [0, 0.1) is 5.82 Å². The van der Waals surface area contributed by atoms with Gasteiger partial charge in [-0.25, -0.2) is 4.39 Å². The number of hydrogen-bond donors (Lipinski definition) is 1. The SMILES string of the molecule is CCNC(c1cc2c(s1)CCC2)c1cc(F)ccc1OC. The molecular formula is C17H20FNOS. The lowest BCUT2D eigenvalue weighted by Gasteiger charge is -2.20. The fourth-order valence-electron chi connectivity index (χ4n) is 2.99. The van der Waals surface area contributed by atoms with Crippen LogP contribution < -0.4 is 10.1 Å². The second-order valence-electron chi connectivity index (χ2n) is 5.33. The van der Waals surface area contributed by atoms with E-state index >= 15 is 0 Å². The van der Waals surface area contributed by atoms with Gasteiger partial charge < -0.3 is 10.1 Å². The first-order valence-electron chi connectivity index (χ1n) is 7.41. The Morgan fingerprint density at radius 3 is 2.90 bits per heavy atom. The van der Waals surface area contributed by atoms with E-state index in [2.05, 4.69) is 18.3 Å². The van der Waals surface area contributed by atoms with Gasteiger partial charge in [-0.15, -0.1) is 11.3 Å². The summed E-state index contributed by atoms with van der Waals surface area (Å²) >= 11 is 1.85. The van der Waals surface area contributed by atoms with Crippen LogP contribution in [0.5, 0.6) is 5.75 Å². The van der Waals surface area contributed by atoms with Crippen LogP contribution >= 0.6 is 11.3 Å². The van der Waals surface area contributed by atoms with E-state index in [-0.39, 0.29) is 11.9 Å². The summed E-state index contributed by atoms with van der Waals surface area (Å²) in [6, 6.07) is 7.01. The highest BCUT2D eigenvalue weighted by Gasteiger charge is 2.23. The van der Waals surface area contributed by atoms with Crippen molar-refractivity contribution in [3.63, 3.8) is 0 Å². The van der Waals surface area contributed by atoms with Gasteiger partial charge in [0.25, 0.3) is 0 Å². The third-order valence-corrected chi connectivity index (χ3v) is 5.26. The van der Waals surface area contributed by atoms with Crippen LogP contribution in [0.1, 0.15) is 40.3 Å². The number of rotatable bonds is 5. The molecule has 0 aliphatic heterocycles. The minimum absolute atomic E-state index is 0.00347. The van der Waals surface area contributed by atoms with Crippen molar-refractivity contribution in [3.05, 3.63) is 51.0 Å². The van der Waals surface area contributed by atoms with E-state index in [1.807, 2.05) is 11.3 Å². The maximum atomic E-state index is 13.7. The van der Waals surface area contributed by atoms with Gasteiger partial charge in [0.15, 0.2) is 0 Å².